The number of nitrogens with zero attached hydrogens (tertiary/aromatic N) is 2. The molecule has 0 radical (unpaired) electrons. The molecule has 0 N–H and O–H groups in total. The molecule has 0 saturated heterocycles. The minimum absolute atomic E-state index is 0.390. The lowest BCUT2D eigenvalue weighted by Crippen LogP contribution is -2.10. The van der Waals surface area contributed by atoms with Crippen LogP contribution in [0.25, 0.3) is 16.5 Å². The number of hydrogen-bond donors (Lipinski definition) is 0. The predicted octanol–water partition coefficient (Wildman–Crippen LogP) is 3.12. The second kappa shape index (κ2) is 4.81. The van der Waals surface area contributed by atoms with Crippen molar-refractivity contribution in [3.63, 3.8) is 0 Å². The van der Waals surface area contributed by atoms with Gasteiger partial charge in [0.1, 0.15) is 0 Å². The van der Waals surface area contributed by atoms with Crippen molar-refractivity contribution in [2.45, 2.75) is 6.92 Å². The second-order valence-corrected chi connectivity index (χ2v) is 4.57. The zero-order valence-corrected chi connectivity index (χ0v) is 11.3. The molecule has 3 rings (SSSR count). The van der Waals surface area contributed by atoms with Gasteiger partial charge < -0.3 is 4.74 Å². The van der Waals surface area contributed by atoms with Crippen LogP contribution in [0.1, 0.15) is 16.2 Å². The highest BCUT2D eigenvalue weighted by molar-refractivity contribution is 5.93. The van der Waals surface area contributed by atoms with Gasteiger partial charge in [-0.3, -0.25) is 0 Å². The van der Waals surface area contributed by atoms with E-state index in [1.54, 1.807) is 10.7 Å². The standard InChI is InChI=1S/C16H14N2O2/c1-11-10-15(16(19)20-2)18(17-11)14-9-5-7-12-6-3-4-8-13(12)14/h3-10H,1-2H3. The molecular weight excluding hydrogens is 252 g/mol. The SMILES string of the molecule is COC(=O)c1cc(C)nn1-c1cccc2ccccc12. The van der Waals surface area contributed by atoms with Gasteiger partial charge in [0.15, 0.2) is 5.69 Å². The number of methoxy groups -OCH3 is 1. The molecule has 0 aliphatic carbocycles. The molecule has 4 heteroatoms. The topological polar surface area (TPSA) is 44.1 Å². The first-order valence-corrected chi connectivity index (χ1v) is 6.34. The second-order valence-electron chi connectivity index (χ2n) is 4.57. The zero-order valence-electron chi connectivity index (χ0n) is 11.3. The fourth-order valence-electron chi connectivity index (χ4n) is 2.33. The summed E-state index contributed by atoms with van der Waals surface area (Å²) in [6.45, 7) is 1.86. The Morgan fingerprint density at radius 2 is 1.90 bits per heavy atom. The van der Waals surface area contributed by atoms with Gasteiger partial charge in [0.2, 0.25) is 0 Å². The summed E-state index contributed by atoms with van der Waals surface area (Å²) in [7, 11) is 1.37. The van der Waals surface area contributed by atoms with E-state index in [0.717, 1.165) is 22.2 Å². The molecule has 0 aliphatic rings. The minimum Gasteiger partial charge on any atom is -0.464 e. The number of carbonyl (C=O) groups is 1. The van der Waals surface area contributed by atoms with Gasteiger partial charge in [0.25, 0.3) is 0 Å². The van der Waals surface area contributed by atoms with E-state index in [0.29, 0.717) is 5.69 Å². The van der Waals surface area contributed by atoms with Gasteiger partial charge in [-0.05, 0) is 24.4 Å². The van der Waals surface area contributed by atoms with Crippen LogP contribution in [0.3, 0.4) is 0 Å². The lowest BCUT2D eigenvalue weighted by Gasteiger charge is -2.09. The number of aryl methyl sites for hydroxylation is 1. The van der Waals surface area contributed by atoms with E-state index < -0.39 is 5.97 Å². The van der Waals surface area contributed by atoms with E-state index in [9.17, 15) is 4.79 Å². The molecular formula is C16H14N2O2. The van der Waals surface area contributed by atoms with Crippen molar-refractivity contribution in [2.24, 2.45) is 0 Å². The first kappa shape index (κ1) is 12.4. The maximum Gasteiger partial charge on any atom is 0.356 e. The molecule has 0 unspecified atom stereocenters. The Labute approximate surface area is 116 Å². The highest BCUT2D eigenvalue weighted by Gasteiger charge is 2.16. The Morgan fingerprint density at radius 1 is 1.15 bits per heavy atom. The molecule has 0 atom stereocenters. The summed E-state index contributed by atoms with van der Waals surface area (Å²) in [4.78, 5) is 11.9. The predicted molar refractivity (Wildman–Crippen MR) is 77.1 cm³/mol. The van der Waals surface area contributed by atoms with E-state index in [-0.39, 0.29) is 0 Å². The van der Waals surface area contributed by atoms with Crippen molar-refractivity contribution in [3.05, 3.63) is 59.9 Å². The van der Waals surface area contributed by atoms with Crippen molar-refractivity contribution < 1.29 is 9.53 Å². The first-order valence-electron chi connectivity index (χ1n) is 6.34. The van der Waals surface area contributed by atoms with Gasteiger partial charge >= 0.3 is 5.97 Å². The minimum atomic E-state index is -0.390. The average molecular weight is 266 g/mol. The van der Waals surface area contributed by atoms with Crippen LogP contribution in [-0.4, -0.2) is 22.9 Å². The highest BCUT2D eigenvalue weighted by Crippen LogP contribution is 2.23. The van der Waals surface area contributed by atoms with Crippen molar-refractivity contribution in [2.75, 3.05) is 7.11 Å². The highest BCUT2D eigenvalue weighted by atomic mass is 16.5. The number of fused-ring (bicyclic) bond motifs is 1. The lowest BCUT2D eigenvalue weighted by atomic mass is 10.1. The smallest absolute Gasteiger partial charge is 0.356 e. The number of rotatable bonds is 2. The van der Waals surface area contributed by atoms with E-state index in [1.807, 2.05) is 49.4 Å². The summed E-state index contributed by atoms with van der Waals surface area (Å²) in [5.41, 5.74) is 2.08. The van der Waals surface area contributed by atoms with Crippen LogP contribution >= 0.6 is 0 Å². The maximum absolute atomic E-state index is 11.9. The number of hydrogen-bond acceptors (Lipinski definition) is 3. The summed E-state index contributed by atoms with van der Waals surface area (Å²) < 4.78 is 6.47. The Bertz CT molecular complexity index is 785. The number of aromatic nitrogens is 2. The summed E-state index contributed by atoms with van der Waals surface area (Å²) in [5, 5.41) is 6.57. The monoisotopic (exact) mass is 266 g/mol. The van der Waals surface area contributed by atoms with Crippen molar-refractivity contribution >= 4 is 16.7 Å². The van der Waals surface area contributed by atoms with Crippen LogP contribution in [-0.2, 0) is 4.74 Å². The fraction of sp³-hybridized carbons (Fsp3) is 0.125. The van der Waals surface area contributed by atoms with Gasteiger partial charge in [-0.15, -0.1) is 0 Å². The number of esters is 1. The Morgan fingerprint density at radius 3 is 2.70 bits per heavy atom. The van der Waals surface area contributed by atoms with Crippen LogP contribution in [0.2, 0.25) is 0 Å². The Kier molecular flexibility index (Phi) is 2.99. The Hall–Kier alpha value is -2.62. The molecule has 0 aliphatic heterocycles. The van der Waals surface area contributed by atoms with Gasteiger partial charge in [-0.1, -0.05) is 36.4 Å². The van der Waals surface area contributed by atoms with E-state index >= 15 is 0 Å². The van der Waals surface area contributed by atoms with Crippen LogP contribution in [0.5, 0.6) is 0 Å². The summed E-state index contributed by atoms with van der Waals surface area (Å²) >= 11 is 0. The number of ether oxygens (including phenoxy) is 1. The molecule has 0 fully saturated rings. The third-order valence-corrected chi connectivity index (χ3v) is 3.22. The molecule has 1 aromatic heterocycles. The molecule has 20 heavy (non-hydrogen) atoms. The van der Waals surface area contributed by atoms with Crippen molar-refractivity contribution in [3.8, 4) is 5.69 Å². The Balaban J connectivity index is 2.29. The van der Waals surface area contributed by atoms with Crippen LogP contribution in [0, 0.1) is 6.92 Å². The van der Waals surface area contributed by atoms with E-state index in [2.05, 4.69) is 5.10 Å². The molecule has 4 nitrogen and oxygen atoms in total. The summed E-state index contributed by atoms with van der Waals surface area (Å²) in [6, 6.07) is 15.7. The molecule has 0 bridgehead atoms. The summed E-state index contributed by atoms with van der Waals surface area (Å²) in [5.74, 6) is -0.390. The number of carbonyl (C=O) groups excluding carboxylic acids is 1. The molecule has 3 aromatic rings. The van der Waals surface area contributed by atoms with Crippen LogP contribution < -0.4 is 0 Å². The van der Waals surface area contributed by atoms with Gasteiger partial charge in [-0.2, -0.15) is 5.10 Å². The largest absolute Gasteiger partial charge is 0.464 e. The molecule has 0 saturated carbocycles. The van der Waals surface area contributed by atoms with Crippen molar-refractivity contribution in [1.29, 1.82) is 0 Å². The zero-order chi connectivity index (χ0) is 14.1. The third kappa shape index (κ3) is 1.95. The first-order chi connectivity index (χ1) is 9.70. The fourth-order valence-corrected chi connectivity index (χ4v) is 2.33. The number of benzene rings is 2. The van der Waals surface area contributed by atoms with Crippen LogP contribution in [0.15, 0.2) is 48.5 Å². The van der Waals surface area contributed by atoms with E-state index in [1.165, 1.54) is 7.11 Å². The average Bonchev–Trinajstić information content (AvgIpc) is 2.87. The van der Waals surface area contributed by atoms with Gasteiger partial charge in [0, 0.05) is 5.39 Å². The molecule has 2 aromatic carbocycles. The normalized spacial score (nSPS) is 10.7. The third-order valence-electron chi connectivity index (χ3n) is 3.22. The van der Waals surface area contributed by atoms with Crippen LogP contribution in [0.4, 0.5) is 0 Å². The van der Waals surface area contributed by atoms with Crippen molar-refractivity contribution in [1.82, 2.24) is 9.78 Å². The van der Waals surface area contributed by atoms with E-state index in [4.69, 9.17) is 4.74 Å². The lowest BCUT2D eigenvalue weighted by molar-refractivity contribution is 0.0590. The molecule has 0 amide bonds. The van der Waals surface area contributed by atoms with Gasteiger partial charge in [0.05, 0.1) is 18.5 Å². The summed E-state index contributed by atoms with van der Waals surface area (Å²) in [6.07, 6.45) is 0. The quantitative estimate of drug-likeness (QED) is 0.669. The molecule has 100 valence electrons. The van der Waals surface area contributed by atoms with Gasteiger partial charge in [-0.25, -0.2) is 9.48 Å². The molecule has 1 heterocycles. The maximum atomic E-state index is 11.9. The molecule has 0 spiro atoms.